The average molecular weight is 258 g/mol. The van der Waals surface area contributed by atoms with Gasteiger partial charge in [0.2, 0.25) is 0 Å². The summed E-state index contributed by atoms with van der Waals surface area (Å²) < 4.78 is 38.7. The highest BCUT2D eigenvalue weighted by Gasteiger charge is 2.36. The lowest BCUT2D eigenvalue weighted by molar-refractivity contribution is -0.137. The molecule has 2 rings (SSSR count). The minimum Gasteiger partial charge on any atom is -0.384 e. The van der Waals surface area contributed by atoms with Gasteiger partial charge in [-0.15, -0.1) is 0 Å². The van der Waals surface area contributed by atoms with Gasteiger partial charge >= 0.3 is 6.18 Å². The molecule has 1 aromatic carbocycles. The van der Waals surface area contributed by atoms with E-state index in [4.69, 9.17) is 0 Å². The van der Waals surface area contributed by atoms with Crippen LogP contribution in [0.1, 0.15) is 30.4 Å². The van der Waals surface area contributed by atoms with E-state index in [0.29, 0.717) is 6.54 Å². The molecule has 1 heterocycles. The first-order chi connectivity index (χ1) is 8.54. The standard InChI is InChI=1S/C13H17F3N2/c1-2-17-8-9-6-7-18-12-10(9)4-3-5-11(12)13(14,15)16/h3-5,9,17-18H,2,6-8H2,1H3. The summed E-state index contributed by atoms with van der Waals surface area (Å²) in [4.78, 5) is 0. The Balaban J connectivity index is 2.34. The number of nitrogens with one attached hydrogen (secondary N) is 2. The van der Waals surface area contributed by atoms with E-state index in [1.165, 1.54) is 6.07 Å². The summed E-state index contributed by atoms with van der Waals surface area (Å²) in [5, 5.41) is 6.10. The van der Waals surface area contributed by atoms with E-state index in [1.807, 2.05) is 6.92 Å². The van der Waals surface area contributed by atoms with Gasteiger partial charge in [0.1, 0.15) is 0 Å². The van der Waals surface area contributed by atoms with E-state index in [1.54, 1.807) is 6.07 Å². The molecule has 2 nitrogen and oxygen atoms in total. The summed E-state index contributed by atoms with van der Waals surface area (Å²) in [6.45, 7) is 4.15. The molecule has 2 N–H and O–H groups in total. The highest BCUT2D eigenvalue weighted by atomic mass is 19.4. The summed E-state index contributed by atoms with van der Waals surface area (Å²) in [6, 6.07) is 4.42. The molecular formula is C13H17F3N2. The molecule has 0 aromatic heterocycles. The van der Waals surface area contributed by atoms with Gasteiger partial charge in [0.05, 0.1) is 5.56 Å². The normalized spacial score (nSPS) is 19.2. The number of halogens is 3. The minimum absolute atomic E-state index is 0.156. The molecule has 0 bridgehead atoms. The van der Waals surface area contributed by atoms with Gasteiger partial charge in [0, 0.05) is 24.7 Å². The fourth-order valence-corrected chi connectivity index (χ4v) is 2.40. The van der Waals surface area contributed by atoms with Crippen molar-refractivity contribution in [2.75, 3.05) is 25.0 Å². The zero-order valence-corrected chi connectivity index (χ0v) is 10.3. The first-order valence-electron chi connectivity index (χ1n) is 6.18. The Morgan fingerprint density at radius 1 is 1.39 bits per heavy atom. The van der Waals surface area contributed by atoms with E-state index >= 15 is 0 Å². The van der Waals surface area contributed by atoms with Gasteiger partial charge < -0.3 is 10.6 Å². The zero-order valence-electron chi connectivity index (χ0n) is 10.3. The van der Waals surface area contributed by atoms with Crippen molar-refractivity contribution in [3.63, 3.8) is 0 Å². The van der Waals surface area contributed by atoms with Crippen LogP contribution >= 0.6 is 0 Å². The van der Waals surface area contributed by atoms with E-state index < -0.39 is 11.7 Å². The van der Waals surface area contributed by atoms with Crippen LogP contribution in [0.15, 0.2) is 18.2 Å². The van der Waals surface area contributed by atoms with Gasteiger partial charge in [-0.05, 0) is 24.6 Å². The Morgan fingerprint density at radius 2 is 2.17 bits per heavy atom. The molecule has 0 radical (unpaired) electrons. The number of benzene rings is 1. The van der Waals surface area contributed by atoms with Crippen LogP contribution in [0.3, 0.4) is 0 Å². The fraction of sp³-hybridized carbons (Fsp3) is 0.538. The van der Waals surface area contributed by atoms with Crippen LogP contribution < -0.4 is 10.6 Å². The van der Waals surface area contributed by atoms with E-state index in [2.05, 4.69) is 10.6 Å². The zero-order chi connectivity index (χ0) is 13.2. The van der Waals surface area contributed by atoms with Crippen molar-refractivity contribution in [3.8, 4) is 0 Å². The van der Waals surface area contributed by atoms with Gasteiger partial charge in [-0.25, -0.2) is 0 Å². The molecule has 100 valence electrons. The van der Waals surface area contributed by atoms with Crippen LogP contribution in [0.5, 0.6) is 0 Å². The number of rotatable bonds is 3. The predicted molar refractivity (Wildman–Crippen MR) is 65.8 cm³/mol. The second-order valence-corrected chi connectivity index (χ2v) is 4.49. The van der Waals surface area contributed by atoms with Crippen molar-refractivity contribution in [1.82, 2.24) is 5.32 Å². The predicted octanol–water partition coefficient (Wildman–Crippen LogP) is 3.21. The lowest BCUT2D eigenvalue weighted by Gasteiger charge is -2.29. The second-order valence-electron chi connectivity index (χ2n) is 4.49. The number of hydrogen-bond donors (Lipinski definition) is 2. The Kier molecular flexibility index (Phi) is 3.80. The summed E-state index contributed by atoms with van der Waals surface area (Å²) >= 11 is 0. The number of anilines is 1. The Morgan fingerprint density at radius 3 is 2.83 bits per heavy atom. The average Bonchev–Trinajstić information content (AvgIpc) is 2.34. The molecule has 0 saturated heterocycles. The third-order valence-electron chi connectivity index (χ3n) is 3.28. The molecule has 0 spiro atoms. The largest absolute Gasteiger partial charge is 0.418 e. The van der Waals surface area contributed by atoms with Crippen molar-refractivity contribution < 1.29 is 13.2 Å². The second kappa shape index (κ2) is 5.18. The van der Waals surface area contributed by atoms with E-state index in [0.717, 1.165) is 31.1 Å². The van der Waals surface area contributed by atoms with Crippen LogP contribution in [-0.4, -0.2) is 19.6 Å². The minimum atomic E-state index is -4.29. The van der Waals surface area contributed by atoms with Crippen LogP contribution in [0.2, 0.25) is 0 Å². The van der Waals surface area contributed by atoms with Gasteiger partial charge in [-0.2, -0.15) is 13.2 Å². The summed E-state index contributed by atoms with van der Waals surface area (Å²) in [5.41, 5.74) is 0.484. The van der Waals surface area contributed by atoms with Gasteiger partial charge in [-0.3, -0.25) is 0 Å². The molecule has 1 aliphatic heterocycles. The molecular weight excluding hydrogens is 241 g/mol. The van der Waals surface area contributed by atoms with Gasteiger partial charge in [-0.1, -0.05) is 19.1 Å². The van der Waals surface area contributed by atoms with E-state index in [9.17, 15) is 13.2 Å². The van der Waals surface area contributed by atoms with Crippen LogP contribution in [-0.2, 0) is 6.18 Å². The van der Waals surface area contributed by atoms with Crippen LogP contribution in [0.25, 0.3) is 0 Å². The molecule has 1 atom stereocenters. The lowest BCUT2D eigenvalue weighted by atomic mass is 9.89. The molecule has 5 heteroatoms. The van der Waals surface area contributed by atoms with Crippen molar-refractivity contribution in [2.45, 2.75) is 25.4 Å². The van der Waals surface area contributed by atoms with Crippen molar-refractivity contribution in [2.24, 2.45) is 0 Å². The van der Waals surface area contributed by atoms with Gasteiger partial charge in [0.25, 0.3) is 0 Å². The first-order valence-corrected chi connectivity index (χ1v) is 6.18. The Labute approximate surface area is 105 Å². The summed E-state index contributed by atoms with van der Waals surface area (Å²) in [5.74, 6) is 0.156. The molecule has 0 aliphatic carbocycles. The molecule has 1 aromatic rings. The number of para-hydroxylation sites is 1. The van der Waals surface area contributed by atoms with E-state index in [-0.39, 0.29) is 11.6 Å². The number of likely N-dealkylation sites (N-methyl/N-ethyl adjacent to an activating group) is 1. The lowest BCUT2D eigenvalue weighted by Crippen LogP contribution is -2.28. The highest BCUT2D eigenvalue weighted by molar-refractivity contribution is 5.61. The Bertz CT molecular complexity index is 415. The quantitative estimate of drug-likeness (QED) is 0.870. The monoisotopic (exact) mass is 258 g/mol. The maximum Gasteiger partial charge on any atom is 0.418 e. The third-order valence-corrected chi connectivity index (χ3v) is 3.28. The molecule has 0 amide bonds. The fourth-order valence-electron chi connectivity index (χ4n) is 2.40. The molecule has 18 heavy (non-hydrogen) atoms. The van der Waals surface area contributed by atoms with Crippen LogP contribution in [0.4, 0.5) is 18.9 Å². The summed E-state index contributed by atoms with van der Waals surface area (Å²) in [7, 11) is 0. The third kappa shape index (κ3) is 2.61. The molecule has 0 saturated carbocycles. The van der Waals surface area contributed by atoms with Crippen LogP contribution in [0, 0.1) is 0 Å². The first kappa shape index (κ1) is 13.2. The SMILES string of the molecule is CCNCC1CCNc2c1cccc2C(F)(F)F. The van der Waals surface area contributed by atoms with Gasteiger partial charge in [0.15, 0.2) is 0 Å². The number of alkyl halides is 3. The maximum absolute atomic E-state index is 12.9. The topological polar surface area (TPSA) is 24.1 Å². The maximum atomic E-state index is 12.9. The number of hydrogen-bond acceptors (Lipinski definition) is 2. The molecule has 0 fully saturated rings. The van der Waals surface area contributed by atoms with Crippen molar-refractivity contribution >= 4 is 5.69 Å². The summed E-state index contributed by atoms with van der Waals surface area (Å²) in [6.07, 6.45) is -3.43. The van der Waals surface area contributed by atoms with Crippen molar-refractivity contribution in [1.29, 1.82) is 0 Å². The highest BCUT2D eigenvalue weighted by Crippen LogP contribution is 2.41. The molecule has 1 unspecified atom stereocenters. The Hall–Kier alpha value is -1.23. The van der Waals surface area contributed by atoms with Crippen molar-refractivity contribution in [3.05, 3.63) is 29.3 Å². The molecule has 1 aliphatic rings. The smallest absolute Gasteiger partial charge is 0.384 e. The number of fused-ring (bicyclic) bond motifs is 1.